The fourth-order valence-electron chi connectivity index (χ4n) is 4.13. The van der Waals surface area contributed by atoms with Crippen LogP contribution in [0.15, 0.2) is 77.1 Å². The van der Waals surface area contributed by atoms with Gasteiger partial charge in [0, 0.05) is 18.6 Å². The first-order valence-corrected chi connectivity index (χ1v) is 14.5. The molecule has 2 atom stereocenters. The van der Waals surface area contributed by atoms with Gasteiger partial charge in [0.25, 0.3) is 0 Å². The normalized spacial score (nSPS) is 19.3. The number of fused-ring (bicyclic) bond motifs is 1. The van der Waals surface area contributed by atoms with Crippen molar-refractivity contribution < 1.29 is 14.3 Å². The highest BCUT2D eigenvalue weighted by Gasteiger charge is 2.53. The van der Waals surface area contributed by atoms with E-state index in [0.29, 0.717) is 22.4 Å². The third kappa shape index (κ3) is 4.90. The highest BCUT2D eigenvalue weighted by atomic mass is 32.2. The fourth-order valence-corrected chi connectivity index (χ4v) is 7.03. The molecule has 0 radical (unpaired) electrons. The molecule has 1 aromatic heterocycles. The van der Waals surface area contributed by atoms with E-state index in [1.807, 2.05) is 66.9 Å². The van der Waals surface area contributed by atoms with Gasteiger partial charge in [0.2, 0.25) is 11.1 Å². The van der Waals surface area contributed by atoms with Crippen LogP contribution in [0.4, 0.5) is 0 Å². The maximum absolute atomic E-state index is 13.8. The lowest BCUT2D eigenvalue weighted by molar-refractivity contribution is -0.153. The fraction of sp³-hybridized carbons (Fsp3) is 0.292. The molecule has 186 valence electrons. The molecular formula is C24H24N6O3S3. The number of benzene rings is 2. The molecule has 2 aromatic carbocycles. The van der Waals surface area contributed by atoms with Gasteiger partial charge < -0.3 is 4.74 Å². The van der Waals surface area contributed by atoms with Crippen LogP contribution in [0.3, 0.4) is 0 Å². The van der Waals surface area contributed by atoms with Crippen LogP contribution in [-0.2, 0) is 21.4 Å². The van der Waals surface area contributed by atoms with E-state index in [2.05, 4.69) is 20.2 Å². The summed E-state index contributed by atoms with van der Waals surface area (Å²) in [5.41, 5.74) is 2.86. The van der Waals surface area contributed by atoms with Gasteiger partial charge in [0.05, 0.1) is 0 Å². The number of carbonyl (C=O) groups excluding carboxylic acids is 2. The van der Waals surface area contributed by atoms with Gasteiger partial charge in [-0.25, -0.2) is 14.2 Å². The zero-order chi connectivity index (χ0) is 25.1. The average Bonchev–Trinajstić information content (AvgIpc) is 3.33. The van der Waals surface area contributed by atoms with Crippen LogP contribution in [0.2, 0.25) is 0 Å². The van der Waals surface area contributed by atoms with Crippen molar-refractivity contribution >= 4 is 47.3 Å². The number of amides is 1. The summed E-state index contributed by atoms with van der Waals surface area (Å²) in [6.07, 6.45) is 1.28. The second-order valence-corrected chi connectivity index (χ2v) is 10.8. The monoisotopic (exact) mass is 540 g/mol. The molecule has 36 heavy (non-hydrogen) atoms. The summed E-state index contributed by atoms with van der Waals surface area (Å²) in [6, 6.07) is 18.9. The number of nitrogens with zero attached hydrogens (tertiary/aromatic N) is 5. The van der Waals surface area contributed by atoms with Gasteiger partial charge >= 0.3 is 5.97 Å². The van der Waals surface area contributed by atoms with Gasteiger partial charge in [-0.2, -0.15) is 0 Å². The highest BCUT2D eigenvalue weighted by Crippen LogP contribution is 2.43. The Hall–Kier alpha value is -2.80. The van der Waals surface area contributed by atoms with Crippen molar-refractivity contribution in [1.82, 2.24) is 29.8 Å². The molecule has 2 aliphatic heterocycles. The van der Waals surface area contributed by atoms with Crippen molar-refractivity contribution in [2.24, 2.45) is 7.05 Å². The number of hydrogen-bond acceptors (Lipinski definition) is 10. The summed E-state index contributed by atoms with van der Waals surface area (Å²) in [5.74, 6) is 0.419. The van der Waals surface area contributed by atoms with Crippen molar-refractivity contribution in [3.05, 3.63) is 83.1 Å². The van der Waals surface area contributed by atoms with E-state index < -0.39 is 12.1 Å². The molecule has 5 rings (SSSR count). The third-order valence-electron chi connectivity index (χ3n) is 5.87. The highest BCUT2D eigenvalue weighted by molar-refractivity contribution is 8.01. The summed E-state index contributed by atoms with van der Waals surface area (Å²) >= 11 is 4.46. The number of aryl methyl sites for hydroxylation is 1. The predicted molar refractivity (Wildman–Crippen MR) is 141 cm³/mol. The lowest BCUT2D eigenvalue weighted by Crippen LogP contribution is -2.68. The quantitative estimate of drug-likeness (QED) is 0.189. The summed E-state index contributed by atoms with van der Waals surface area (Å²) in [6.45, 7) is 0. The zero-order valence-corrected chi connectivity index (χ0v) is 22.1. The minimum atomic E-state index is -0.603. The van der Waals surface area contributed by atoms with Crippen LogP contribution >= 0.6 is 35.5 Å². The molecule has 1 fully saturated rings. The van der Waals surface area contributed by atoms with Gasteiger partial charge in [-0.15, -0.1) is 16.9 Å². The molecule has 0 saturated carbocycles. The van der Waals surface area contributed by atoms with Crippen LogP contribution in [-0.4, -0.2) is 66.2 Å². The van der Waals surface area contributed by atoms with Gasteiger partial charge in [-0.3, -0.25) is 9.69 Å². The molecule has 12 heteroatoms. The second-order valence-electron chi connectivity index (χ2n) is 8.14. The Morgan fingerprint density at radius 3 is 2.42 bits per heavy atom. The molecule has 1 saturated heterocycles. The number of rotatable bonds is 9. The van der Waals surface area contributed by atoms with E-state index in [1.54, 1.807) is 28.4 Å². The standard InChI is InChI=1S/C24H24N6O3S3/c1-29-24(25-27-28-29)36-14-17-13-35-22-18(26-34-2)21(31)30(22)19(17)23(32)33-20(15-9-5-3-6-10-15)16-11-7-4-8-12-16/h3-12,18,20,22,26H,13-14H2,1-2H3/t18-,22-/m1/s1. The van der Waals surface area contributed by atoms with Crippen LogP contribution in [0.1, 0.15) is 17.2 Å². The summed E-state index contributed by atoms with van der Waals surface area (Å²) in [5, 5.41) is 12.0. The van der Waals surface area contributed by atoms with E-state index in [4.69, 9.17) is 4.74 Å². The van der Waals surface area contributed by atoms with E-state index in [0.717, 1.165) is 16.7 Å². The van der Waals surface area contributed by atoms with Crippen molar-refractivity contribution in [1.29, 1.82) is 0 Å². The third-order valence-corrected chi connectivity index (χ3v) is 8.80. The molecule has 1 N–H and O–H groups in total. The van der Waals surface area contributed by atoms with Crippen molar-refractivity contribution in [3.8, 4) is 0 Å². The molecule has 0 spiro atoms. The summed E-state index contributed by atoms with van der Waals surface area (Å²) in [4.78, 5) is 28.5. The molecule has 2 aliphatic rings. The number of ether oxygens (including phenoxy) is 1. The number of hydrogen-bond donors (Lipinski definition) is 1. The Labute approximate surface area is 221 Å². The number of nitrogens with one attached hydrogen (secondary N) is 1. The van der Waals surface area contributed by atoms with Gasteiger partial charge in [-0.05, 0) is 33.4 Å². The number of thioether (sulfide) groups is 2. The van der Waals surface area contributed by atoms with E-state index in [1.165, 1.54) is 23.7 Å². The number of aromatic nitrogens is 4. The maximum Gasteiger partial charge on any atom is 0.356 e. The smallest absolute Gasteiger partial charge is 0.356 e. The average molecular weight is 541 g/mol. The van der Waals surface area contributed by atoms with Crippen molar-refractivity contribution in [2.75, 3.05) is 17.8 Å². The number of tetrazole rings is 1. The minimum Gasteiger partial charge on any atom is -0.448 e. The predicted octanol–water partition coefficient (Wildman–Crippen LogP) is 3.04. The Morgan fingerprint density at radius 1 is 1.17 bits per heavy atom. The topological polar surface area (TPSA) is 102 Å². The maximum atomic E-state index is 13.8. The number of esters is 1. The van der Waals surface area contributed by atoms with Gasteiger partial charge in [0.1, 0.15) is 17.1 Å². The Morgan fingerprint density at radius 2 is 1.83 bits per heavy atom. The molecule has 0 aliphatic carbocycles. The Kier molecular flexibility index (Phi) is 7.65. The number of β-lactam (4-membered cyclic amide) rings is 1. The summed E-state index contributed by atoms with van der Waals surface area (Å²) in [7, 11) is 1.76. The molecule has 9 nitrogen and oxygen atoms in total. The van der Waals surface area contributed by atoms with Gasteiger partial charge in [0.15, 0.2) is 6.10 Å². The lowest BCUT2D eigenvalue weighted by Gasteiger charge is -2.49. The molecule has 0 bridgehead atoms. The largest absolute Gasteiger partial charge is 0.448 e. The van der Waals surface area contributed by atoms with E-state index >= 15 is 0 Å². The lowest BCUT2D eigenvalue weighted by atomic mass is 10.0. The molecule has 1 amide bonds. The first kappa shape index (κ1) is 24.9. The minimum absolute atomic E-state index is 0.132. The second kappa shape index (κ2) is 11.1. The summed E-state index contributed by atoms with van der Waals surface area (Å²) < 4.78 is 10.9. The first-order chi connectivity index (χ1) is 17.6. The van der Waals surface area contributed by atoms with Gasteiger partial charge in [-0.1, -0.05) is 84.4 Å². The zero-order valence-electron chi connectivity index (χ0n) is 19.6. The van der Waals surface area contributed by atoms with E-state index in [9.17, 15) is 9.59 Å². The van der Waals surface area contributed by atoms with Crippen LogP contribution in [0.25, 0.3) is 0 Å². The Balaban J connectivity index is 1.47. The molecule has 3 heterocycles. The van der Waals surface area contributed by atoms with Crippen LogP contribution in [0, 0.1) is 0 Å². The number of carbonyl (C=O) groups is 2. The molecule has 3 aromatic rings. The Bertz CT molecular complexity index is 1230. The SMILES string of the molecule is CSN[C@@H]1C(=O)N2C(C(=O)OC(c3ccccc3)c3ccccc3)=C(CSc3nnnn3C)CS[C@H]12. The van der Waals surface area contributed by atoms with Crippen LogP contribution < -0.4 is 4.72 Å². The molecular weight excluding hydrogens is 517 g/mol. The van der Waals surface area contributed by atoms with E-state index in [-0.39, 0.29) is 17.3 Å². The van der Waals surface area contributed by atoms with Crippen molar-refractivity contribution in [2.45, 2.75) is 22.7 Å². The van der Waals surface area contributed by atoms with Crippen molar-refractivity contribution in [3.63, 3.8) is 0 Å². The van der Waals surface area contributed by atoms with Crippen LogP contribution in [0.5, 0.6) is 0 Å². The molecule has 0 unspecified atom stereocenters. The first-order valence-electron chi connectivity index (χ1n) is 11.2.